The molecule has 3 heterocycles. The molecule has 1 fully saturated rings. The van der Waals surface area contributed by atoms with Crippen LogP contribution in [-0.2, 0) is 9.63 Å². The predicted octanol–water partition coefficient (Wildman–Crippen LogP) is 6.97. The van der Waals surface area contributed by atoms with E-state index in [1.54, 1.807) is 0 Å². The number of pyridine rings is 2. The Morgan fingerprint density at radius 1 is 0.925 bits per heavy atom. The molecule has 0 bridgehead atoms. The molecule has 0 amide bonds. The van der Waals surface area contributed by atoms with Gasteiger partial charge in [-0.1, -0.05) is 77.6 Å². The fourth-order valence-electron chi connectivity index (χ4n) is 5.62. The van der Waals surface area contributed by atoms with Crippen molar-refractivity contribution < 1.29 is 9.63 Å². The number of aromatic nitrogens is 2. The first-order valence-corrected chi connectivity index (χ1v) is 14.9. The summed E-state index contributed by atoms with van der Waals surface area (Å²) in [7, 11) is 0. The van der Waals surface area contributed by atoms with Gasteiger partial charge in [-0.2, -0.15) is 0 Å². The Balaban J connectivity index is 1.40. The van der Waals surface area contributed by atoms with Crippen LogP contribution in [0.3, 0.4) is 0 Å². The molecule has 0 unspecified atom stereocenters. The monoisotopic (exact) mass is 597 g/mol. The van der Waals surface area contributed by atoms with Crippen LogP contribution in [0.25, 0.3) is 22.0 Å². The zero-order chi connectivity index (χ0) is 27.5. The van der Waals surface area contributed by atoms with Crippen LogP contribution in [0.4, 0.5) is 11.6 Å². The minimum absolute atomic E-state index is 0.295. The number of nitrogens with zero attached hydrogens (tertiary/aromatic N) is 5. The summed E-state index contributed by atoms with van der Waals surface area (Å²) in [6.07, 6.45) is 6.29. The minimum atomic E-state index is -0.295. The Bertz CT molecular complexity index is 1560. The number of halogens is 1. The number of carbonyl (C=O) groups is 1. The Labute approximate surface area is 243 Å². The van der Waals surface area contributed by atoms with Crippen molar-refractivity contribution in [2.24, 2.45) is 5.16 Å². The van der Waals surface area contributed by atoms with E-state index in [0.717, 1.165) is 101 Å². The van der Waals surface area contributed by atoms with Gasteiger partial charge in [0.2, 0.25) is 0 Å². The van der Waals surface area contributed by atoms with Gasteiger partial charge in [-0.25, -0.2) is 14.8 Å². The van der Waals surface area contributed by atoms with Crippen molar-refractivity contribution in [2.75, 3.05) is 36.0 Å². The van der Waals surface area contributed by atoms with Crippen LogP contribution in [0.2, 0.25) is 0 Å². The third-order valence-corrected chi connectivity index (χ3v) is 8.14. The molecule has 40 heavy (non-hydrogen) atoms. The summed E-state index contributed by atoms with van der Waals surface area (Å²) in [6.45, 7) is 5.40. The summed E-state index contributed by atoms with van der Waals surface area (Å²) in [6, 6.07) is 20.4. The van der Waals surface area contributed by atoms with Crippen LogP contribution < -0.4 is 9.80 Å². The van der Waals surface area contributed by atoms with Crippen LogP contribution in [0.1, 0.15) is 50.2 Å². The molecule has 1 aliphatic carbocycles. The topological polar surface area (TPSA) is 70.9 Å². The van der Waals surface area contributed by atoms with E-state index in [0.29, 0.717) is 12.1 Å². The second kappa shape index (κ2) is 11.8. The molecule has 0 saturated carbocycles. The summed E-state index contributed by atoms with van der Waals surface area (Å²) in [4.78, 5) is 32.5. The molecule has 0 radical (unpaired) electrons. The highest BCUT2D eigenvalue weighted by molar-refractivity contribution is 9.10. The smallest absolute Gasteiger partial charge is 0.335 e. The third-order valence-electron chi connectivity index (χ3n) is 7.64. The maximum atomic E-state index is 12.6. The first kappa shape index (κ1) is 26.4. The number of piperazine rings is 1. The highest BCUT2D eigenvalue weighted by Gasteiger charge is 2.34. The van der Waals surface area contributed by atoms with Crippen molar-refractivity contribution in [3.05, 3.63) is 82.5 Å². The fourth-order valence-corrected chi connectivity index (χ4v) is 5.98. The second-order valence-electron chi connectivity index (χ2n) is 10.3. The SMILES string of the molecule is CCCCCCC(=O)O/N=C1\c2ccccc2-c2c1c(N1CCN(c3ccccn3)CC1)nc1ccc(Br)cc21. The largest absolute Gasteiger partial charge is 0.353 e. The molecule has 1 saturated heterocycles. The fraction of sp³-hybridized carbons (Fsp3) is 0.312. The lowest BCUT2D eigenvalue weighted by molar-refractivity contribution is -0.143. The maximum absolute atomic E-state index is 12.6. The van der Waals surface area contributed by atoms with E-state index in [9.17, 15) is 4.79 Å². The lowest BCUT2D eigenvalue weighted by Gasteiger charge is -2.37. The van der Waals surface area contributed by atoms with Crippen molar-refractivity contribution in [3.63, 3.8) is 0 Å². The van der Waals surface area contributed by atoms with E-state index >= 15 is 0 Å². The number of rotatable bonds is 8. The van der Waals surface area contributed by atoms with Gasteiger partial charge in [0.05, 0.1) is 11.1 Å². The Morgan fingerprint density at radius 2 is 1.70 bits per heavy atom. The summed E-state index contributed by atoms with van der Waals surface area (Å²) in [5.74, 6) is 1.57. The number of fused-ring (bicyclic) bond motifs is 5. The lowest BCUT2D eigenvalue weighted by atomic mass is 10.0. The molecule has 2 aromatic heterocycles. The van der Waals surface area contributed by atoms with Gasteiger partial charge >= 0.3 is 5.97 Å². The number of benzene rings is 2. The van der Waals surface area contributed by atoms with Gasteiger partial charge in [-0.15, -0.1) is 0 Å². The molecular formula is C32H32BrN5O2. The van der Waals surface area contributed by atoms with Crippen molar-refractivity contribution in [1.82, 2.24) is 9.97 Å². The molecule has 1 aliphatic heterocycles. The number of unbranched alkanes of at least 4 members (excludes halogenated alkanes) is 3. The van der Waals surface area contributed by atoms with Gasteiger partial charge < -0.3 is 14.6 Å². The number of anilines is 2. The molecule has 2 aliphatic rings. The van der Waals surface area contributed by atoms with Gasteiger partial charge in [0.1, 0.15) is 17.3 Å². The maximum Gasteiger partial charge on any atom is 0.335 e. The lowest BCUT2D eigenvalue weighted by Crippen LogP contribution is -2.47. The normalized spacial score (nSPS) is 15.4. The molecule has 0 spiro atoms. The van der Waals surface area contributed by atoms with Crippen molar-refractivity contribution in [2.45, 2.75) is 39.0 Å². The molecular weight excluding hydrogens is 566 g/mol. The Morgan fingerprint density at radius 3 is 2.48 bits per heavy atom. The van der Waals surface area contributed by atoms with E-state index in [1.807, 2.05) is 36.5 Å². The van der Waals surface area contributed by atoms with Gasteiger partial charge in [0.15, 0.2) is 0 Å². The summed E-state index contributed by atoms with van der Waals surface area (Å²) >= 11 is 3.66. The van der Waals surface area contributed by atoms with Crippen LogP contribution in [0, 0.1) is 0 Å². The quantitative estimate of drug-likeness (QED) is 0.109. The zero-order valence-corrected chi connectivity index (χ0v) is 24.2. The standard InChI is InChI=1S/C32H32BrN5O2/c1-2-3-4-5-13-28(39)40-36-31-24-11-7-6-10-23(24)29-25-21-22(33)14-15-26(25)35-32(30(29)31)38-19-17-37(18-20-38)27-12-8-9-16-34-27/h6-12,14-16,21H,2-5,13,17-20H2,1H3/b36-31+. The highest BCUT2D eigenvalue weighted by atomic mass is 79.9. The zero-order valence-electron chi connectivity index (χ0n) is 22.6. The van der Waals surface area contributed by atoms with Crippen molar-refractivity contribution >= 4 is 50.1 Å². The average molecular weight is 599 g/mol. The number of oxime groups is 1. The first-order valence-electron chi connectivity index (χ1n) is 14.1. The van der Waals surface area contributed by atoms with E-state index in [-0.39, 0.29) is 5.97 Å². The molecule has 4 aromatic rings. The predicted molar refractivity (Wildman–Crippen MR) is 164 cm³/mol. The number of carbonyl (C=O) groups excluding carboxylic acids is 1. The van der Waals surface area contributed by atoms with Gasteiger partial charge in [0.25, 0.3) is 0 Å². The van der Waals surface area contributed by atoms with Gasteiger partial charge in [-0.3, -0.25) is 0 Å². The Hall–Kier alpha value is -3.78. The van der Waals surface area contributed by atoms with E-state index < -0.39 is 0 Å². The van der Waals surface area contributed by atoms with E-state index in [1.165, 1.54) is 0 Å². The summed E-state index contributed by atoms with van der Waals surface area (Å²) in [5.41, 5.74) is 5.64. The van der Waals surface area contributed by atoms with Gasteiger partial charge in [0, 0.05) is 59.8 Å². The van der Waals surface area contributed by atoms with Crippen LogP contribution in [0.15, 0.2) is 76.5 Å². The van der Waals surface area contributed by atoms with E-state index in [4.69, 9.17) is 9.82 Å². The average Bonchev–Trinajstić information content (AvgIpc) is 3.33. The van der Waals surface area contributed by atoms with Crippen LogP contribution in [-0.4, -0.2) is 47.8 Å². The molecule has 0 N–H and O–H groups in total. The van der Waals surface area contributed by atoms with Crippen molar-refractivity contribution in [1.29, 1.82) is 0 Å². The number of hydrogen-bond acceptors (Lipinski definition) is 7. The number of hydrogen-bond donors (Lipinski definition) is 0. The van der Waals surface area contributed by atoms with E-state index in [2.05, 4.69) is 73.1 Å². The summed E-state index contributed by atoms with van der Waals surface area (Å²) in [5, 5.41) is 5.57. The molecule has 7 nitrogen and oxygen atoms in total. The molecule has 2 aromatic carbocycles. The molecule has 0 atom stereocenters. The molecule has 8 heteroatoms. The van der Waals surface area contributed by atoms with Gasteiger partial charge in [-0.05, 0) is 42.3 Å². The highest BCUT2D eigenvalue weighted by Crippen LogP contribution is 2.46. The summed E-state index contributed by atoms with van der Waals surface area (Å²) < 4.78 is 0.988. The molecule has 6 rings (SSSR count). The second-order valence-corrected chi connectivity index (χ2v) is 11.2. The first-order chi connectivity index (χ1) is 19.6. The van der Waals surface area contributed by atoms with Crippen LogP contribution in [0.5, 0.6) is 0 Å². The Kier molecular flexibility index (Phi) is 7.77. The van der Waals surface area contributed by atoms with Crippen LogP contribution >= 0.6 is 15.9 Å². The third kappa shape index (κ3) is 5.20. The minimum Gasteiger partial charge on any atom is -0.353 e. The van der Waals surface area contributed by atoms with Crippen molar-refractivity contribution in [3.8, 4) is 11.1 Å². The molecule has 204 valence electrons.